The Labute approximate surface area is 192 Å². The van der Waals surface area contributed by atoms with Gasteiger partial charge < -0.3 is 9.64 Å². The van der Waals surface area contributed by atoms with E-state index in [1.807, 2.05) is 30.3 Å². The fraction of sp³-hybridized carbons (Fsp3) is 0.500. The topological polar surface area (TPSA) is 63.7 Å². The average molecular weight is 458 g/mol. The fourth-order valence-electron chi connectivity index (χ4n) is 3.95. The van der Waals surface area contributed by atoms with Crippen LogP contribution < -0.4 is 4.74 Å². The lowest BCUT2D eigenvalue weighted by Crippen LogP contribution is -2.40. The maximum absolute atomic E-state index is 13.7. The van der Waals surface area contributed by atoms with E-state index in [2.05, 4.69) is 39.8 Å². The lowest BCUT2D eigenvalue weighted by Gasteiger charge is -2.29. The van der Waals surface area contributed by atoms with Crippen molar-refractivity contribution in [2.75, 3.05) is 18.1 Å². The first-order chi connectivity index (χ1) is 15.1. The molecule has 1 amide bonds. The summed E-state index contributed by atoms with van der Waals surface area (Å²) in [6, 6.07) is 15.2. The number of rotatable bonds is 8. The van der Waals surface area contributed by atoms with E-state index in [0.29, 0.717) is 30.9 Å². The van der Waals surface area contributed by atoms with Gasteiger partial charge >= 0.3 is 0 Å². The van der Waals surface area contributed by atoms with Gasteiger partial charge in [0.15, 0.2) is 9.84 Å². The minimum Gasteiger partial charge on any atom is -0.493 e. The van der Waals surface area contributed by atoms with E-state index in [0.717, 1.165) is 18.4 Å². The second-order valence-corrected chi connectivity index (χ2v) is 11.9. The average Bonchev–Trinajstić information content (AvgIpc) is 3.11. The summed E-state index contributed by atoms with van der Waals surface area (Å²) in [5.74, 6) is 0.510. The zero-order valence-corrected chi connectivity index (χ0v) is 20.5. The van der Waals surface area contributed by atoms with E-state index < -0.39 is 9.84 Å². The van der Waals surface area contributed by atoms with Gasteiger partial charge in [-0.2, -0.15) is 0 Å². The summed E-state index contributed by atoms with van der Waals surface area (Å²) in [6.07, 6.45) is 2.38. The third-order valence-electron chi connectivity index (χ3n) is 5.96. The van der Waals surface area contributed by atoms with E-state index in [1.165, 1.54) is 5.56 Å². The number of nitrogens with zero attached hydrogens (tertiary/aromatic N) is 1. The lowest BCUT2D eigenvalue weighted by atomic mass is 9.86. The number of para-hydroxylation sites is 1. The number of carbonyl (C=O) groups is 1. The molecule has 1 aliphatic heterocycles. The van der Waals surface area contributed by atoms with Crippen LogP contribution in [0, 0.1) is 0 Å². The van der Waals surface area contributed by atoms with Crippen LogP contribution in [-0.4, -0.2) is 43.4 Å². The van der Waals surface area contributed by atoms with Crippen molar-refractivity contribution in [2.24, 2.45) is 0 Å². The van der Waals surface area contributed by atoms with E-state index in [4.69, 9.17) is 4.74 Å². The summed E-state index contributed by atoms with van der Waals surface area (Å²) >= 11 is 0. The summed E-state index contributed by atoms with van der Waals surface area (Å²) in [5, 5.41) is 0. The second-order valence-electron chi connectivity index (χ2n) is 9.64. The Balaban J connectivity index is 1.89. The predicted molar refractivity (Wildman–Crippen MR) is 129 cm³/mol. The number of unbranched alkanes of at least 4 members (excludes halogenated alkanes) is 1. The molecule has 2 aromatic carbocycles. The predicted octanol–water partition coefficient (Wildman–Crippen LogP) is 4.99. The minimum absolute atomic E-state index is 0.0116. The molecule has 1 heterocycles. The van der Waals surface area contributed by atoms with Crippen LogP contribution in [-0.2, 0) is 21.8 Å². The van der Waals surface area contributed by atoms with Crippen LogP contribution in [0.4, 0.5) is 0 Å². The Morgan fingerprint density at radius 3 is 2.38 bits per heavy atom. The largest absolute Gasteiger partial charge is 0.493 e. The molecular formula is C26H35NO4S. The van der Waals surface area contributed by atoms with Gasteiger partial charge in [-0.05, 0) is 41.5 Å². The molecule has 0 aliphatic carbocycles. The number of hydrogen-bond acceptors (Lipinski definition) is 4. The monoisotopic (exact) mass is 457 g/mol. The van der Waals surface area contributed by atoms with Gasteiger partial charge in [0.2, 0.25) is 0 Å². The molecule has 0 aromatic heterocycles. The Bertz CT molecular complexity index is 1020. The quantitative estimate of drug-likeness (QED) is 0.524. The molecule has 6 heteroatoms. The van der Waals surface area contributed by atoms with Gasteiger partial charge in [-0.3, -0.25) is 4.79 Å². The molecule has 0 saturated carbocycles. The summed E-state index contributed by atoms with van der Waals surface area (Å²) < 4.78 is 30.3. The van der Waals surface area contributed by atoms with Crippen LogP contribution in [0.1, 0.15) is 68.4 Å². The fourth-order valence-corrected chi connectivity index (χ4v) is 5.68. The number of ether oxygens (including phenoxy) is 1. The maximum atomic E-state index is 13.7. The Kier molecular flexibility index (Phi) is 7.65. The van der Waals surface area contributed by atoms with E-state index >= 15 is 0 Å². The summed E-state index contributed by atoms with van der Waals surface area (Å²) in [7, 11) is -3.13. The van der Waals surface area contributed by atoms with Gasteiger partial charge in [0.25, 0.3) is 5.91 Å². The van der Waals surface area contributed by atoms with Crippen molar-refractivity contribution in [2.45, 2.75) is 65.0 Å². The molecule has 0 spiro atoms. The molecule has 1 saturated heterocycles. The van der Waals surface area contributed by atoms with Gasteiger partial charge in [0, 0.05) is 12.6 Å². The van der Waals surface area contributed by atoms with Crippen LogP contribution in [0.25, 0.3) is 0 Å². The summed E-state index contributed by atoms with van der Waals surface area (Å²) in [5.41, 5.74) is 2.74. The van der Waals surface area contributed by atoms with Gasteiger partial charge in [0.1, 0.15) is 5.75 Å². The van der Waals surface area contributed by atoms with Gasteiger partial charge in [-0.1, -0.05) is 70.5 Å². The Morgan fingerprint density at radius 2 is 1.78 bits per heavy atom. The first kappa shape index (κ1) is 24.3. The molecule has 0 radical (unpaired) electrons. The van der Waals surface area contributed by atoms with Crippen molar-refractivity contribution in [1.29, 1.82) is 0 Å². The number of carbonyl (C=O) groups excluding carboxylic acids is 1. The highest BCUT2D eigenvalue weighted by Crippen LogP contribution is 2.28. The SMILES string of the molecule is CCCCOc1ccccc1C(=O)N(Cc1ccc(C(C)(C)C)cc1)C1CCS(=O)(=O)C1. The zero-order valence-electron chi connectivity index (χ0n) is 19.6. The molecule has 5 nitrogen and oxygen atoms in total. The molecule has 1 fully saturated rings. The highest BCUT2D eigenvalue weighted by molar-refractivity contribution is 7.91. The van der Waals surface area contributed by atoms with E-state index in [9.17, 15) is 13.2 Å². The molecule has 0 bridgehead atoms. The minimum atomic E-state index is -3.13. The van der Waals surface area contributed by atoms with Crippen molar-refractivity contribution in [3.05, 3.63) is 65.2 Å². The van der Waals surface area contributed by atoms with Crippen molar-refractivity contribution >= 4 is 15.7 Å². The van der Waals surface area contributed by atoms with Crippen LogP contribution in [0.3, 0.4) is 0 Å². The van der Waals surface area contributed by atoms with E-state index in [-0.39, 0.29) is 28.9 Å². The molecule has 174 valence electrons. The molecule has 0 N–H and O–H groups in total. The first-order valence-electron chi connectivity index (χ1n) is 11.4. The molecular weight excluding hydrogens is 422 g/mol. The molecule has 1 aliphatic rings. The van der Waals surface area contributed by atoms with Gasteiger partial charge in [-0.15, -0.1) is 0 Å². The molecule has 2 aromatic rings. The third kappa shape index (κ3) is 6.12. The Hall–Kier alpha value is -2.34. The first-order valence-corrected chi connectivity index (χ1v) is 13.3. The Morgan fingerprint density at radius 1 is 1.09 bits per heavy atom. The third-order valence-corrected chi connectivity index (χ3v) is 7.71. The van der Waals surface area contributed by atoms with Gasteiger partial charge in [0.05, 0.1) is 23.7 Å². The number of hydrogen-bond donors (Lipinski definition) is 0. The van der Waals surface area contributed by atoms with Crippen LogP contribution in [0.15, 0.2) is 48.5 Å². The maximum Gasteiger partial charge on any atom is 0.258 e. The van der Waals surface area contributed by atoms with Crippen LogP contribution in [0.5, 0.6) is 5.75 Å². The summed E-state index contributed by atoms with van der Waals surface area (Å²) in [4.78, 5) is 15.4. The molecule has 1 unspecified atom stereocenters. The van der Waals surface area contributed by atoms with E-state index in [1.54, 1.807) is 11.0 Å². The number of sulfone groups is 1. The molecule has 32 heavy (non-hydrogen) atoms. The number of amides is 1. The molecule has 1 atom stereocenters. The van der Waals surface area contributed by atoms with Crippen molar-refractivity contribution in [1.82, 2.24) is 4.90 Å². The second kappa shape index (κ2) is 10.1. The number of benzene rings is 2. The van der Waals surface area contributed by atoms with Gasteiger partial charge in [-0.25, -0.2) is 8.42 Å². The smallest absolute Gasteiger partial charge is 0.258 e. The zero-order chi connectivity index (χ0) is 23.4. The standard InChI is InChI=1S/C26H35NO4S/c1-5-6-16-31-24-10-8-7-9-23(24)25(28)27(22-15-17-32(29,30)19-22)18-20-11-13-21(14-12-20)26(2,3)4/h7-14,22H,5-6,15-19H2,1-4H3. The highest BCUT2D eigenvalue weighted by Gasteiger charge is 2.35. The summed E-state index contributed by atoms with van der Waals surface area (Å²) in [6.45, 7) is 9.50. The van der Waals surface area contributed by atoms with Crippen LogP contribution in [0.2, 0.25) is 0 Å². The molecule has 3 rings (SSSR count). The van der Waals surface area contributed by atoms with Crippen molar-refractivity contribution < 1.29 is 17.9 Å². The highest BCUT2D eigenvalue weighted by atomic mass is 32.2. The lowest BCUT2D eigenvalue weighted by molar-refractivity contribution is 0.0676. The van der Waals surface area contributed by atoms with Crippen molar-refractivity contribution in [3.63, 3.8) is 0 Å². The van der Waals surface area contributed by atoms with Crippen LogP contribution >= 0.6 is 0 Å². The van der Waals surface area contributed by atoms with Crippen molar-refractivity contribution in [3.8, 4) is 5.75 Å². The normalized spacial score (nSPS) is 17.8.